The van der Waals surface area contributed by atoms with Gasteiger partial charge in [0.2, 0.25) is 0 Å². The van der Waals surface area contributed by atoms with Gasteiger partial charge in [0.25, 0.3) is 5.91 Å². The minimum absolute atomic E-state index is 0.133. The fourth-order valence-electron chi connectivity index (χ4n) is 2.74. The number of hydrogen-bond donors (Lipinski definition) is 1. The number of fused-ring (bicyclic) bond motifs is 1. The molecule has 0 fully saturated rings. The minimum Gasteiger partial charge on any atom is -0.363 e. The highest BCUT2D eigenvalue weighted by molar-refractivity contribution is 9.09. The minimum atomic E-state index is -1.39. The lowest BCUT2D eigenvalue weighted by Gasteiger charge is -2.34. The summed E-state index contributed by atoms with van der Waals surface area (Å²) in [7, 11) is 0. The number of carbonyl (C=O) groups excluding carboxylic acids is 1. The number of aliphatic hydroxyl groups is 1. The van der Waals surface area contributed by atoms with Gasteiger partial charge in [0.15, 0.2) is 5.72 Å². The predicted octanol–water partition coefficient (Wildman–Crippen LogP) is 2.73. The first-order valence-corrected chi connectivity index (χ1v) is 7.57. The summed E-state index contributed by atoms with van der Waals surface area (Å²) in [6.07, 6.45) is 0. The van der Waals surface area contributed by atoms with Crippen LogP contribution < -0.4 is 0 Å². The highest BCUT2D eigenvalue weighted by Gasteiger charge is 2.49. The highest BCUT2D eigenvalue weighted by Crippen LogP contribution is 2.41. The van der Waals surface area contributed by atoms with E-state index in [0.717, 1.165) is 0 Å². The van der Waals surface area contributed by atoms with Gasteiger partial charge in [-0.1, -0.05) is 64.5 Å². The van der Waals surface area contributed by atoms with Crippen molar-refractivity contribution < 1.29 is 9.90 Å². The van der Waals surface area contributed by atoms with Crippen molar-refractivity contribution in [1.29, 1.82) is 0 Å². The molecule has 0 bridgehead atoms. The maximum Gasteiger partial charge on any atom is 0.257 e. The summed E-state index contributed by atoms with van der Waals surface area (Å²) in [6, 6.07) is 16.6. The summed E-state index contributed by atoms with van der Waals surface area (Å²) >= 11 is 3.35. The van der Waals surface area contributed by atoms with Crippen LogP contribution in [0.1, 0.15) is 21.5 Å². The Morgan fingerprint density at radius 1 is 1.05 bits per heavy atom. The van der Waals surface area contributed by atoms with Crippen LogP contribution in [-0.2, 0) is 5.72 Å². The summed E-state index contributed by atoms with van der Waals surface area (Å²) in [5, 5.41) is 11.9. The zero-order valence-corrected chi connectivity index (χ0v) is 12.4. The van der Waals surface area contributed by atoms with E-state index in [9.17, 15) is 9.90 Å². The molecule has 4 heteroatoms. The van der Waals surface area contributed by atoms with Crippen molar-refractivity contribution >= 4 is 21.8 Å². The summed E-state index contributed by atoms with van der Waals surface area (Å²) in [5.74, 6) is -0.133. The van der Waals surface area contributed by atoms with Gasteiger partial charge in [-0.3, -0.25) is 4.79 Å². The smallest absolute Gasteiger partial charge is 0.257 e. The molecule has 1 amide bonds. The molecule has 1 atom stereocenters. The molecule has 1 aliphatic heterocycles. The van der Waals surface area contributed by atoms with Crippen molar-refractivity contribution in [2.24, 2.45) is 0 Å². The van der Waals surface area contributed by atoms with Gasteiger partial charge in [0, 0.05) is 28.6 Å². The maximum absolute atomic E-state index is 12.5. The monoisotopic (exact) mass is 331 g/mol. The molecule has 1 N–H and O–H groups in total. The van der Waals surface area contributed by atoms with E-state index in [1.807, 2.05) is 48.5 Å². The van der Waals surface area contributed by atoms with Gasteiger partial charge in [0.1, 0.15) is 0 Å². The van der Waals surface area contributed by atoms with Crippen LogP contribution in [0.5, 0.6) is 0 Å². The van der Waals surface area contributed by atoms with Gasteiger partial charge in [-0.2, -0.15) is 0 Å². The van der Waals surface area contributed by atoms with Gasteiger partial charge in [-0.15, -0.1) is 0 Å². The first-order valence-electron chi connectivity index (χ1n) is 6.45. The van der Waals surface area contributed by atoms with Gasteiger partial charge >= 0.3 is 0 Å². The zero-order chi connectivity index (χ0) is 14.2. The first kappa shape index (κ1) is 13.3. The quantitative estimate of drug-likeness (QED) is 0.878. The molecule has 3 rings (SSSR count). The number of rotatable bonds is 3. The Morgan fingerprint density at radius 3 is 2.40 bits per heavy atom. The van der Waals surface area contributed by atoms with Crippen molar-refractivity contribution in [3.8, 4) is 0 Å². The largest absolute Gasteiger partial charge is 0.363 e. The molecule has 0 radical (unpaired) electrons. The number of amides is 1. The second-order valence-electron chi connectivity index (χ2n) is 4.73. The highest BCUT2D eigenvalue weighted by atomic mass is 79.9. The van der Waals surface area contributed by atoms with Crippen molar-refractivity contribution in [3.63, 3.8) is 0 Å². The van der Waals surface area contributed by atoms with Gasteiger partial charge in [0.05, 0.1) is 0 Å². The Balaban J connectivity index is 2.22. The van der Waals surface area contributed by atoms with Crippen LogP contribution in [0.25, 0.3) is 0 Å². The van der Waals surface area contributed by atoms with Crippen LogP contribution in [0.2, 0.25) is 0 Å². The summed E-state index contributed by atoms with van der Waals surface area (Å²) in [4.78, 5) is 14.0. The fourth-order valence-corrected chi connectivity index (χ4v) is 3.10. The summed E-state index contributed by atoms with van der Waals surface area (Å²) in [6.45, 7) is 0.443. The molecular formula is C16H14BrNO2. The molecule has 0 saturated carbocycles. The lowest BCUT2D eigenvalue weighted by Crippen LogP contribution is -2.45. The van der Waals surface area contributed by atoms with Crippen LogP contribution in [0.3, 0.4) is 0 Å². The summed E-state index contributed by atoms with van der Waals surface area (Å²) in [5.41, 5.74) is 0.541. The second-order valence-corrected chi connectivity index (χ2v) is 5.52. The number of nitrogens with zero attached hydrogens (tertiary/aromatic N) is 1. The molecule has 0 saturated heterocycles. The Hall–Kier alpha value is -1.65. The molecule has 2 aromatic rings. The molecular weight excluding hydrogens is 318 g/mol. The van der Waals surface area contributed by atoms with Crippen molar-refractivity contribution in [2.75, 3.05) is 11.9 Å². The first-order chi connectivity index (χ1) is 9.69. The van der Waals surface area contributed by atoms with E-state index in [0.29, 0.717) is 28.6 Å². The number of alkyl halides is 1. The standard InChI is InChI=1S/C16H14BrNO2/c17-10-11-18-15(19)13-8-4-5-9-14(13)16(18,20)12-6-2-1-3-7-12/h1-9,20H,10-11H2. The molecule has 2 aromatic carbocycles. The second kappa shape index (κ2) is 5.04. The molecule has 0 spiro atoms. The Kier molecular flexibility index (Phi) is 3.36. The zero-order valence-electron chi connectivity index (χ0n) is 10.8. The van der Waals surface area contributed by atoms with Gasteiger partial charge in [-0.05, 0) is 6.07 Å². The average molecular weight is 332 g/mol. The maximum atomic E-state index is 12.5. The van der Waals surface area contributed by atoms with E-state index < -0.39 is 5.72 Å². The lowest BCUT2D eigenvalue weighted by atomic mass is 9.94. The third-order valence-electron chi connectivity index (χ3n) is 3.65. The van der Waals surface area contributed by atoms with Crippen LogP contribution in [0.4, 0.5) is 0 Å². The van der Waals surface area contributed by atoms with Crippen molar-refractivity contribution in [2.45, 2.75) is 5.72 Å². The lowest BCUT2D eigenvalue weighted by molar-refractivity contribution is -0.0468. The predicted molar refractivity (Wildman–Crippen MR) is 80.7 cm³/mol. The van der Waals surface area contributed by atoms with E-state index in [-0.39, 0.29) is 5.91 Å². The Labute approximate surface area is 126 Å². The van der Waals surface area contributed by atoms with Gasteiger partial charge < -0.3 is 10.0 Å². The molecule has 20 heavy (non-hydrogen) atoms. The van der Waals surface area contributed by atoms with Crippen LogP contribution in [0.15, 0.2) is 54.6 Å². The SMILES string of the molecule is O=C1c2ccccc2C(O)(c2ccccc2)N1CCBr. The normalized spacial score (nSPS) is 21.1. The van der Waals surface area contributed by atoms with E-state index in [1.165, 1.54) is 4.90 Å². The van der Waals surface area contributed by atoms with Crippen molar-refractivity contribution in [3.05, 3.63) is 71.3 Å². The van der Waals surface area contributed by atoms with Crippen LogP contribution in [0, 0.1) is 0 Å². The van der Waals surface area contributed by atoms with Crippen LogP contribution >= 0.6 is 15.9 Å². The van der Waals surface area contributed by atoms with E-state index in [4.69, 9.17) is 0 Å². The molecule has 102 valence electrons. The molecule has 1 unspecified atom stereocenters. The number of hydrogen-bond acceptors (Lipinski definition) is 2. The summed E-state index contributed by atoms with van der Waals surface area (Å²) < 4.78 is 0. The van der Waals surface area contributed by atoms with Crippen LogP contribution in [-0.4, -0.2) is 27.8 Å². The fraction of sp³-hybridized carbons (Fsp3) is 0.188. The average Bonchev–Trinajstić information content (AvgIpc) is 2.72. The molecule has 1 aliphatic rings. The molecule has 3 nitrogen and oxygen atoms in total. The van der Waals surface area contributed by atoms with E-state index >= 15 is 0 Å². The van der Waals surface area contributed by atoms with Gasteiger partial charge in [-0.25, -0.2) is 0 Å². The van der Waals surface area contributed by atoms with E-state index in [2.05, 4.69) is 15.9 Å². The molecule has 0 aromatic heterocycles. The number of benzene rings is 2. The molecule has 0 aliphatic carbocycles. The molecule has 1 heterocycles. The Bertz CT molecular complexity index is 644. The Morgan fingerprint density at radius 2 is 1.70 bits per heavy atom. The van der Waals surface area contributed by atoms with E-state index in [1.54, 1.807) is 6.07 Å². The third kappa shape index (κ3) is 1.79. The number of carbonyl (C=O) groups is 1. The topological polar surface area (TPSA) is 40.5 Å². The third-order valence-corrected chi connectivity index (χ3v) is 4.01. The number of halogens is 1. The van der Waals surface area contributed by atoms with Crippen molar-refractivity contribution in [1.82, 2.24) is 4.90 Å².